The van der Waals surface area contributed by atoms with Gasteiger partial charge in [0.1, 0.15) is 6.10 Å². The monoisotopic (exact) mass is 162 g/mol. The lowest BCUT2D eigenvalue weighted by Crippen LogP contribution is -2.32. The van der Waals surface area contributed by atoms with Crippen molar-refractivity contribution in [2.45, 2.75) is 31.8 Å². The van der Waals surface area contributed by atoms with Crippen molar-refractivity contribution < 1.29 is 20.1 Å². The van der Waals surface area contributed by atoms with Gasteiger partial charge in [0.2, 0.25) is 0 Å². The number of rotatable bonds is 1. The van der Waals surface area contributed by atoms with Crippen LogP contribution < -0.4 is 0 Å². The molecule has 0 aromatic heterocycles. The van der Waals surface area contributed by atoms with Crippen LogP contribution in [0.5, 0.6) is 0 Å². The second-order valence-electron chi connectivity index (χ2n) is 3.17. The molecule has 3 N–H and O–H groups in total. The van der Waals surface area contributed by atoms with Gasteiger partial charge in [0.15, 0.2) is 5.79 Å². The molecule has 66 valence electrons. The molecule has 1 aliphatic heterocycles. The van der Waals surface area contributed by atoms with Gasteiger partial charge < -0.3 is 20.1 Å². The van der Waals surface area contributed by atoms with Gasteiger partial charge in [0.05, 0.1) is 12.7 Å². The lowest BCUT2D eigenvalue weighted by molar-refractivity contribution is -0.200. The average molecular weight is 162 g/mol. The zero-order valence-corrected chi connectivity index (χ0v) is 6.69. The molecular formula is C7H14O4. The summed E-state index contributed by atoms with van der Waals surface area (Å²) in [6.07, 6.45) is -1.44. The van der Waals surface area contributed by atoms with Crippen LogP contribution in [0.1, 0.15) is 13.8 Å². The molecule has 0 radical (unpaired) electrons. The number of aliphatic hydroxyl groups is 3. The van der Waals surface area contributed by atoms with E-state index in [-0.39, 0.29) is 12.5 Å². The second kappa shape index (κ2) is 2.71. The van der Waals surface area contributed by atoms with E-state index in [0.717, 1.165) is 0 Å². The number of hydrogen-bond acceptors (Lipinski definition) is 4. The first-order chi connectivity index (χ1) is 4.99. The standard InChI is InChI=1S/C7H14O4/c1-4-6(9)5(3-8)11-7(4,2)10/h4-6,8-10H,3H2,1-2H3. The maximum absolute atomic E-state index is 9.44. The lowest BCUT2D eigenvalue weighted by atomic mass is 9.97. The first-order valence-corrected chi connectivity index (χ1v) is 3.68. The third-order valence-electron chi connectivity index (χ3n) is 2.31. The first kappa shape index (κ1) is 8.93. The van der Waals surface area contributed by atoms with E-state index >= 15 is 0 Å². The molecule has 0 aliphatic carbocycles. The van der Waals surface area contributed by atoms with E-state index < -0.39 is 18.0 Å². The predicted octanol–water partition coefficient (Wildman–Crippen LogP) is -0.917. The average Bonchev–Trinajstić information content (AvgIpc) is 2.13. The van der Waals surface area contributed by atoms with E-state index in [4.69, 9.17) is 9.84 Å². The molecule has 0 saturated carbocycles. The lowest BCUT2D eigenvalue weighted by Gasteiger charge is -2.20. The fraction of sp³-hybridized carbons (Fsp3) is 1.00. The number of hydrogen-bond donors (Lipinski definition) is 3. The molecule has 1 fully saturated rings. The van der Waals surface area contributed by atoms with Crippen molar-refractivity contribution in [1.82, 2.24) is 0 Å². The Bertz CT molecular complexity index is 145. The van der Waals surface area contributed by atoms with Crippen LogP contribution in [0.15, 0.2) is 0 Å². The number of ether oxygens (including phenoxy) is 1. The third kappa shape index (κ3) is 1.39. The molecule has 0 amide bonds. The summed E-state index contributed by atoms with van der Waals surface area (Å²) in [5.41, 5.74) is 0. The second-order valence-corrected chi connectivity index (χ2v) is 3.17. The van der Waals surface area contributed by atoms with Gasteiger partial charge in [-0.15, -0.1) is 0 Å². The van der Waals surface area contributed by atoms with Gasteiger partial charge in [-0.3, -0.25) is 0 Å². The smallest absolute Gasteiger partial charge is 0.168 e. The summed E-state index contributed by atoms with van der Waals surface area (Å²) < 4.78 is 4.98. The van der Waals surface area contributed by atoms with Gasteiger partial charge >= 0.3 is 0 Å². The highest BCUT2D eigenvalue weighted by atomic mass is 16.6. The largest absolute Gasteiger partial charge is 0.394 e. The summed E-state index contributed by atoms with van der Waals surface area (Å²) in [4.78, 5) is 0. The molecule has 0 aromatic carbocycles. The van der Waals surface area contributed by atoms with Crippen LogP contribution in [0, 0.1) is 5.92 Å². The molecule has 4 heteroatoms. The molecule has 0 spiro atoms. The molecule has 4 nitrogen and oxygen atoms in total. The molecule has 4 atom stereocenters. The van der Waals surface area contributed by atoms with Crippen LogP contribution in [-0.2, 0) is 4.74 Å². The van der Waals surface area contributed by atoms with Crippen molar-refractivity contribution in [3.05, 3.63) is 0 Å². The fourth-order valence-corrected chi connectivity index (χ4v) is 1.27. The summed E-state index contributed by atoms with van der Waals surface area (Å²) in [7, 11) is 0. The first-order valence-electron chi connectivity index (χ1n) is 3.68. The highest BCUT2D eigenvalue weighted by molar-refractivity contribution is 4.89. The Hall–Kier alpha value is -0.160. The zero-order chi connectivity index (χ0) is 8.65. The molecule has 0 aromatic rings. The Morgan fingerprint density at radius 2 is 2.09 bits per heavy atom. The maximum atomic E-state index is 9.44. The Labute approximate surface area is 65.4 Å². The molecule has 1 rings (SSSR count). The van der Waals surface area contributed by atoms with E-state index in [1.807, 2.05) is 0 Å². The summed E-state index contributed by atoms with van der Waals surface area (Å²) in [5, 5.41) is 27.5. The van der Waals surface area contributed by atoms with Crippen LogP contribution >= 0.6 is 0 Å². The summed E-state index contributed by atoms with van der Waals surface area (Å²) in [6.45, 7) is 2.90. The van der Waals surface area contributed by atoms with Gasteiger partial charge in [-0.1, -0.05) is 6.92 Å². The molecule has 0 bridgehead atoms. The van der Waals surface area contributed by atoms with Crippen LogP contribution in [0.2, 0.25) is 0 Å². The van der Waals surface area contributed by atoms with Crippen molar-refractivity contribution in [3.8, 4) is 0 Å². The Kier molecular flexibility index (Phi) is 2.20. The van der Waals surface area contributed by atoms with E-state index in [2.05, 4.69) is 0 Å². The number of aliphatic hydroxyl groups excluding tert-OH is 2. The topological polar surface area (TPSA) is 69.9 Å². The van der Waals surface area contributed by atoms with E-state index in [1.54, 1.807) is 6.92 Å². The van der Waals surface area contributed by atoms with Crippen molar-refractivity contribution in [1.29, 1.82) is 0 Å². The van der Waals surface area contributed by atoms with Crippen LogP contribution in [0.3, 0.4) is 0 Å². The minimum atomic E-state index is -1.31. The third-order valence-corrected chi connectivity index (χ3v) is 2.31. The quantitative estimate of drug-likeness (QED) is 0.466. The molecule has 11 heavy (non-hydrogen) atoms. The highest BCUT2D eigenvalue weighted by Gasteiger charge is 2.47. The van der Waals surface area contributed by atoms with E-state index in [1.165, 1.54) is 6.92 Å². The van der Waals surface area contributed by atoms with Crippen molar-refractivity contribution in [2.24, 2.45) is 5.92 Å². The van der Waals surface area contributed by atoms with Gasteiger partial charge in [-0.25, -0.2) is 0 Å². The van der Waals surface area contributed by atoms with Crippen LogP contribution in [-0.4, -0.2) is 39.9 Å². The van der Waals surface area contributed by atoms with Gasteiger partial charge in [0, 0.05) is 5.92 Å². The molecular weight excluding hydrogens is 148 g/mol. The predicted molar refractivity (Wildman–Crippen MR) is 37.8 cm³/mol. The van der Waals surface area contributed by atoms with Gasteiger partial charge in [-0.2, -0.15) is 0 Å². The minimum absolute atomic E-state index is 0.262. The maximum Gasteiger partial charge on any atom is 0.168 e. The summed E-state index contributed by atoms with van der Waals surface area (Å²) in [5.74, 6) is -1.67. The Morgan fingerprint density at radius 1 is 1.55 bits per heavy atom. The summed E-state index contributed by atoms with van der Waals surface area (Å²) >= 11 is 0. The van der Waals surface area contributed by atoms with Crippen molar-refractivity contribution in [3.63, 3.8) is 0 Å². The fourth-order valence-electron chi connectivity index (χ4n) is 1.27. The Morgan fingerprint density at radius 3 is 2.27 bits per heavy atom. The molecule has 4 unspecified atom stereocenters. The Balaban J connectivity index is 2.69. The van der Waals surface area contributed by atoms with Gasteiger partial charge in [0.25, 0.3) is 0 Å². The highest BCUT2D eigenvalue weighted by Crippen LogP contribution is 2.33. The molecule has 1 heterocycles. The zero-order valence-electron chi connectivity index (χ0n) is 6.69. The van der Waals surface area contributed by atoms with Crippen molar-refractivity contribution >= 4 is 0 Å². The van der Waals surface area contributed by atoms with Crippen LogP contribution in [0.4, 0.5) is 0 Å². The van der Waals surface area contributed by atoms with E-state index in [0.29, 0.717) is 0 Å². The van der Waals surface area contributed by atoms with Crippen LogP contribution in [0.25, 0.3) is 0 Å². The summed E-state index contributed by atoms with van der Waals surface area (Å²) in [6, 6.07) is 0. The minimum Gasteiger partial charge on any atom is -0.394 e. The normalized spacial score (nSPS) is 51.5. The SMILES string of the molecule is CC1C(O)C(CO)OC1(C)O. The van der Waals surface area contributed by atoms with Gasteiger partial charge in [-0.05, 0) is 6.92 Å². The molecule has 1 aliphatic rings. The van der Waals surface area contributed by atoms with Crippen molar-refractivity contribution in [2.75, 3.05) is 6.61 Å². The van der Waals surface area contributed by atoms with E-state index in [9.17, 15) is 10.2 Å². The molecule has 1 saturated heterocycles.